The summed E-state index contributed by atoms with van der Waals surface area (Å²) >= 11 is 7.31. The third-order valence-corrected chi connectivity index (χ3v) is 15.5. The Kier molecular flexibility index (Phi) is 13.2. The second-order valence-corrected chi connectivity index (χ2v) is 20.2. The molecular formula is C62H47Br3MgO2. The summed E-state index contributed by atoms with van der Waals surface area (Å²) in [4.78, 5) is 12.5. The molecule has 3 aliphatic rings. The van der Waals surface area contributed by atoms with Crippen molar-refractivity contribution in [3.63, 3.8) is 0 Å². The van der Waals surface area contributed by atoms with Gasteiger partial charge in [-0.2, -0.15) is 0 Å². The molecule has 0 saturated carbocycles. The third kappa shape index (κ3) is 7.66. The zero-order chi connectivity index (χ0) is 44.1. The number of benzene rings is 10. The number of methoxy groups -OCH3 is 1. The number of rotatable bonds is 2. The Balaban J connectivity index is 0.000000163. The van der Waals surface area contributed by atoms with Crippen molar-refractivity contribution >= 4 is 148 Å². The van der Waals surface area contributed by atoms with Gasteiger partial charge in [0.1, 0.15) is 0 Å². The summed E-state index contributed by atoms with van der Waals surface area (Å²) in [6, 6.07) is 57.2. The Morgan fingerprint density at radius 3 is 1.62 bits per heavy atom. The van der Waals surface area contributed by atoms with Crippen LogP contribution in [-0.2, 0) is 23.0 Å². The fourth-order valence-electron chi connectivity index (χ4n) is 11.6. The van der Waals surface area contributed by atoms with Crippen LogP contribution in [0.25, 0.3) is 87.4 Å². The molecule has 330 valence electrons. The molecule has 0 aromatic heterocycles. The van der Waals surface area contributed by atoms with Crippen molar-refractivity contribution in [3.8, 4) is 0 Å². The Morgan fingerprint density at radius 2 is 1.01 bits per heavy atom. The Morgan fingerprint density at radius 1 is 0.529 bits per heavy atom. The smallest absolute Gasteiger partial charge is 1.00 e. The van der Waals surface area contributed by atoms with E-state index in [0.717, 1.165) is 41.3 Å². The van der Waals surface area contributed by atoms with Crippen LogP contribution in [0.2, 0.25) is 0 Å². The van der Waals surface area contributed by atoms with E-state index >= 15 is 0 Å². The first kappa shape index (κ1) is 48.0. The number of carbonyl (C=O) groups is 1. The molecule has 68 heavy (non-hydrogen) atoms. The van der Waals surface area contributed by atoms with Gasteiger partial charge in [0.25, 0.3) is 0 Å². The SMILES string of the molecule is CC1(C)C2=C(CCc3c2c2ccccc2c2cc4ccccc4cc32)c2cc(Br)ccc21.COC(=O)c1ccc(Br)cc1C1=Cc2c(c3cc4ccccc4cc3c3ccccc23)CC1.[Br-].[CH3-].[Mg+2]. The first-order chi connectivity index (χ1) is 31.7. The predicted molar refractivity (Wildman–Crippen MR) is 294 cm³/mol. The fourth-order valence-corrected chi connectivity index (χ4v) is 12.3. The van der Waals surface area contributed by atoms with Crippen LogP contribution >= 0.6 is 31.9 Å². The predicted octanol–water partition coefficient (Wildman–Crippen LogP) is 14.3. The summed E-state index contributed by atoms with van der Waals surface area (Å²) in [6.45, 7) is 4.83. The van der Waals surface area contributed by atoms with E-state index in [-0.39, 0.29) is 58.8 Å². The topological polar surface area (TPSA) is 26.3 Å². The number of allylic oxidation sites excluding steroid dienone is 3. The maximum atomic E-state index is 12.5. The van der Waals surface area contributed by atoms with Crippen LogP contribution in [0.4, 0.5) is 0 Å². The molecule has 0 unspecified atom stereocenters. The van der Waals surface area contributed by atoms with Gasteiger partial charge in [0, 0.05) is 14.4 Å². The van der Waals surface area contributed by atoms with Crippen molar-refractivity contribution in [3.05, 3.63) is 219 Å². The van der Waals surface area contributed by atoms with Gasteiger partial charge in [-0.25, -0.2) is 4.79 Å². The summed E-state index contributed by atoms with van der Waals surface area (Å²) in [5.74, 6) is -0.306. The maximum absolute atomic E-state index is 12.5. The monoisotopic (exact) mass is 1080 g/mol. The molecule has 0 atom stereocenters. The molecule has 0 amide bonds. The Hall–Kier alpha value is -5.08. The number of aryl methyl sites for hydroxylation is 2. The van der Waals surface area contributed by atoms with Gasteiger partial charge >= 0.3 is 29.0 Å². The molecule has 10 aromatic rings. The van der Waals surface area contributed by atoms with Crippen LogP contribution in [0, 0.1) is 7.43 Å². The molecule has 6 heteroatoms. The van der Waals surface area contributed by atoms with Crippen LogP contribution in [0.1, 0.15) is 76.0 Å². The average Bonchev–Trinajstić information content (AvgIpc) is 3.57. The zero-order valence-corrected chi connectivity index (χ0v) is 44.7. The first-order valence-electron chi connectivity index (χ1n) is 22.5. The summed E-state index contributed by atoms with van der Waals surface area (Å²) in [6.07, 6.45) is 6.27. The van der Waals surface area contributed by atoms with E-state index in [1.54, 1.807) is 5.57 Å². The van der Waals surface area contributed by atoms with Gasteiger partial charge in [-0.05, 0) is 201 Å². The Bertz CT molecular complexity index is 3790. The number of halogens is 3. The molecule has 0 fully saturated rings. The van der Waals surface area contributed by atoms with Gasteiger partial charge < -0.3 is 29.1 Å². The summed E-state index contributed by atoms with van der Waals surface area (Å²) in [5.41, 5.74) is 14.3. The number of hydrogen-bond acceptors (Lipinski definition) is 2. The van der Waals surface area contributed by atoms with Crippen LogP contribution in [0.5, 0.6) is 0 Å². The molecule has 2 nitrogen and oxygen atoms in total. The molecule has 0 saturated heterocycles. The summed E-state index contributed by atoms with van der Waals surface area (Å²) in [7, 11) is 1.43. The van der Waals surface area contributed by atoms with Crippen molar-refractivity contribution in [1.82, 2.24) is 0 Å². The van der Waals surface area contributed by atoms with Gasteiger partial charge in [0.05, 0.1) is 12.7 Å². The minimum atomic E-state index is -0.306. The van der Waals surface area contributed by atoms with Gasteiger partial charge in [0.15, 0.2) is 0 Å². The second kappa shape index (κ2) is 18.7. The van der Waals surface area contributed by atoms with E-state index in [4.69, 9.17) is 4.74 Å². The molecule has 0 radical (unpaired) electrons. The van der Waals surface area contributed by atoms with Crippen LogP contribution < -0.4 is 17.0 Å². The fraction of sp³-hybridized carbons (Fsp3) is 0.129. The van der Waals surface area contributed by atoms with Gasteiger partial charge in [0.2, 0.25) is 0 Å². The van der Waals surface area contributed by atoms with Crippen LogP contribution in [0.15, 0.2) is 167 Å². The quantitative estimate of drug-likeness (QED) is 0.0567. The van der Waals surface area contributed by atoms with Crippen molar-refractivity contribution < 1.29 is 26.5 Å². The largest absolute Gasteiger partial charge is 2.00 e. The van der Waals surface area contributed by atoms with E-state index in [0.29, 0.717) is 5.56 Å². The standard InChI is InChI=1S/C31H23Br.C30H21BrO2.CH3.BrH.Mg/c1-31(2)28-14-11-20(32)17-27(28)24-13-12-23-26-16-19-8-4-3-7-18(19)15-25(26)21-9-5-6-10-22(21)29(23)30(24)31;1-33-30(32)25-13-11-21(31)17-26(25)20-10-12-24-27(16-20)22-8-4-5-9-23(22)28-14-18-6-2-3-7-19(18)15-29(24)28;;;/h3-11,14-17H,12-13H2,1-2H3;2-9,11,13-17H,10,12H2,1H3;1H3;1H;/q;;-1;;+2/p-1. The van der Waals surface area contributed by atoms with Gasteiger partial charge in [-0.1, -0.05) is 155 Å². The summed E-state index contributed by atoms with van der Waals surface area (Å²) < 4.78 is 7.18. The molecule has 3 aliphatic carbocycles. The number of esters is 1. The number of fused-ring (bicyclic) bond motifs is 17. The molecule has 0 aliphatic heterocycles. The van der Waals surface area contributed by atoms with Gasteiger partial charge in [-0.15, -0.1) is 0 Å². The molecule has 10 aromatic carbocycles. The molecular weight excluding hydrogens is 1040 g/mol. The van der Waals surface area contributed by atoms with Crippen LogP contribution in [-0.4, -0.2) is 36.1 Å². The van der Waals surface area contributed by atoms with Crippen molar-refractivity contribution in [1.29, 1.82) is 0 Å². The maximum Gasteiger partial charge on any atom is 2.00 e. The van der Waals surface area contributed by atoms with Gasteiger partial charge in [-0.3, -0.25) is 0 Å². The van der Waals surface area contributed by atoms with E-state index in [1.807, 2.05) is 18.2 Å². The number of carbonyl (C=O) groups excluding carboxylic acids is 1. The molecule has 0 N–H and O–H groups in total. The molecule has 0 heterocycles. The normalized spacial score (nSPS) is 14.2. The molecule has 0 spiro atoms. The molecule has 0 bridgehead atoms. The first-order valence-corrected chi connectivity index (χ1v) is 24.1. The Labute approximate surface area is 441 Å². The average molecular weight is 1090 g/mol. The molecule has 13 rings (SSSR count). The zero-order valence-electron chi connectivity index (χ0n) is 38.6. The number of ether oxygens (including phenoxy) is 1. The van der Waals surface area contributed by atoms with Crippen molar-refractivity contribution in [2.45, 2.75) is 44.9 Å². The van der Waals surface area contributed by atoms with E-state index in [1.165, 1.54) is 115 Å². The minimum absolute atomic E-state index is 0. The minimum Gasteiger partial charge on any atom is -1.00 e. The second-order valence-electron chi connectivity index (χ2n) is 18.3. The third-order valence-electron chi connectivity index (χ3n) is 14.5. The van der Waals surface area contributed by atoms with E-state index in [9.17, 15) is 4.79 Å². The van der Waals surface area contributed by atoms with E-state index < -0.39 is 0 Å². The van der Waals surface area contributed by atoms with E-state index in [2.05, 4.69) is 191 Å². The summed E-state index contributed by atoms with van der Waals surface area (Å²) in [5, 5.41) is 15.9. The van der Waals surface area contributed by atoms with Crippen molar-refractivity contribution in [2.24, 2.45) is 0 Å². The number of hydrogen-bond donors (Lipinski definition) is 0. The van der Waals surface area contributed by atoms with Crippen molar-refractivity contribution in [2.75, 3.05) is 7.11 Å². The van der Waals surface area contributed by atoms with Crippen LogP contribution in [0.3, 0.4) is 0 Å².